The lowest BCUT2D eigenvalue weighted by Gasteiger charge is -2.07. The second kappa shape index (κ2) is 5.26. The predicted octanol–water partition coefficient (Wildman–Crippen LogP) is 3.45. The van der Waals surface area contributed by atoms with E-state index in [1.165, 1.54) is 25.6 Å². The van der Waals surface area contributed by atoms with E-state index in [-0.39, 0.29) is 0 Å². The van der Waals surface area contributed by atoms with Gasteiger partial charge >= 0.3 is 7.60 Å². The molecule has 4 heteroatoms. The fraction of sp³-hybridized carbons (Fsp3) is 0.273. The summed E-state index contributed by atoms with van der Waals surface area (Å²) in [6, 6.07) is 7.87. The second-order valence-corrected chi connectivity index (χ2v) is 5.24. The van der Waals surface area contributed by atoms with Gasteiger partial charge in [0.1, 0.15) is 0 Å². The molecule has 3 nitrogen and oxygen atoms in total. The normalized spacial score (nSPS) is 12.2. The Morgan fingerprint density at radius 1 is 1.13 bits per heavy atom. The Morgan fingerprint density at radius 2 is 1.67 bits per heavy atom. The zero-order chi connectivity index (χ0) is 11.3. The molecule has 0 amide bonds. The molecule has 0 aliphatic rings. The Balaban J connectivity index is 2.81. The summed E-state index contributed by atoms with van der Waals surface area (Å²) in [4.78, 5) is 0. The third kappa shape index (κ3) is 3.63. The molecule has 0 atom stereocenters. The minimum Gasteiger partial charge on any atom is -0.309 e. The minimum absolute atomic E-state index is 0.968. The molecule has 1 aromatic carbocycles. The van der Waals surface area contributed by atoms with Crippen LogP contribution in [-0.2, 0) is 13.6 Å². The van der Waals surface area contributed by atoms with Gasteiger partial charge in [0.2, 0.25) is 0 Å². The van der Waals surface area contributed by atoms with E-state index in [1.54, 1.807) is 6.08 Å². The maximum atomic E-state index is 11.7. The van der Waals surface area contributed by atoms with Crippen LogP contribution in [0.3, 0.4) is 0 Å². The van der Waals surface area contributed by atoms with Crippen LogP contribution < -0.4 is 0 Å². The van der Waals surface area contributed by atoms with Crippen molar-refractivity contribution < 1.29 is 13.6 Å². The molecule has 15 heavy (non-hydrogen) atoms. The van der Waals surface area contributed by atoms with Gasteiger partial charge in [0.25, 0.3) is 0 Å². The molecule has 0 N–H and O–H groups in total. The molecule has 82 valence electrons. The van der Waals surface area contributed by atoms with Crippen LogP contribution in [0.25, 0.3) is 6.08 Å². The molecule has 0 saturated heterocycles. The van der Waals surface area contributed by atoms with Crippen molar-refractivity contribution in [3.05, 3.63) is 41.2 Å². The van der Waals surface area contributed by atoms with E-state index in [4.69, 9.17) is 9.05 Å². The van der Waals surface area contributed by atoms with Gasteiger partial charge in [-0.25, -0.2) is 0 Å². The van der Waals surface area contributed by atoms with Gasteiger partial charge in [0.05, 0.1) is 0 Å². The van der Waals surface area contributed by atoms with Gasteiger partial charge < -0.3 is 9.05 Å². The Labute approximate surface area is 90.3 Å². The Hall–Kier alpha value is -0.890. The first kappa shape index (κ1) is 12.2. The van der Waals surface area contributed by atoms with Crippen molar-refractivity contribution in [2.45, 2.75) is 6.92 Å². The highest BCUT2D eigenvalue weighted by atomic mass is 31.2. The minimum atomic E-state index is -3.04. The van der Waals surface area contributed by atoms with Gasteiger partial charge in [0.15, 0.2) is 0 Å². The fourth-order valence-electron chi connectivity index (χ4n) is 1.05. The van der Waals surface area contributed by atoms with E-state index < -0.39 is 7.60 Å². The van der Waals surface area contributed by atoms with E-state index in [2.05, 4.69) is 0 Å². The maximum absolute atomic E-state index is 11.7. The molecule has 0 spiro atoms. The lowest BCUT2D eigenvalue weighted by Crippen LogP contribution is -1.83. The fourth-order valence-corrected chi connectivity index (χ4v) is 1.80. The van der Waals surface area contributed by atoms with E-state index in [1.807, 2.05) is 31.2 Å². The monoisotopic (exact) mass is 226 g/mol. The average Bonchev–Trinajstić information content (AvgIpc) is 2.28. The molecule has 0 unspecified atom stereocenters. The molecule has 0 fully saturated rings. The summed E-state index contributed by atoms with van der Waals surface area (Å²) in [6.45, 7) is 2.02. The van der Waals surface area contributed by atoms with Crippen molar-refractivity contribution in [3.63, 3.8) is 0 Å². The molecule has 1 aromatic rings. The molecular formula is C11H15O3P. The standard InChI is InChI=1S/C11H15O3P/c1-10-4-6-11(7-5-10)8-9-15(12,13-2)14-3/h4-9H,1-3H3/b9-8+. The predicted molar refractivity (Wildman–Crippen MR) is 61.8 cm³/mol. The van der Waals surface area contributed by atoms with Crippen molar-refractivity contribution in [3.8, 4) is 0 Å². The molecule has 0 aromatic heterocycles. The number of hydrogen-bond donors (Lipinski definition) is 0. The summed E-state index contributed by atoms with van der Waals surface area (Å²) in [6.07, 6.45) is 1.73. The molecule has 0 radical (unpaired) electrons. The summed E-state index contributed by atoms with van der Waals surface area (Å²) in [5.41, 5.74) is 2.16. The molecule has 0 aliphatic heterocycles. The number of rotatable bonds is 4. The van der Waals surface area contributed by atoms with Crippen molar-refractivity contribution in [1.82, 2.24) is 0 Å². The van der Waals surface area contributed by atoms with E-state index in [0.29, 0.717) is 0 Å². The summed E-state index contributed by atoms with van der Waals surface area (Å²) >= 11 is 0. The quantitative estimate of drug-likeness (QED) is 0.737. The zero-order valence-electron chi connectivity index (χ0n) is 9.14. The van der Waals surface area contributed by atoms with Crippen LogP contribution >= 0.6 is 7.60 Å². The lowest BCUT2D eigenvalue weighted by atomic mass is 10.2. The Morgan fingerprint density at radius 3 is 2.13 bits per heavy atom. The van der Waals surface area contributed by atoms with Crippen molar-refractivity contribution in [2.75, 3.05) is 14.2 Å². The highest BCUT2D eigenvalue weighted by Gasteiger charge is 2.15. The van der Waals surface area contributed by atoms with E-state index in [9.17, 15) is 4.57 Å². The molecule has 0 heterocycles. The zero-order valence-corrected chi connectivity index (χ0v) is 10.0. The number of hydrogen-bond acceptors (Lipinski definition) is 3. The largest absolute Gasteiger partial charge is 0.353 e. The van der Waals surface area contributed by atoms with Crippen molar-refractivity contribution >= 4 is 13.7 Å². The van der Waals surface area contributed by atoms with Crippen molar-refractivity contribution in [1.29, 1.82) is 0 Å². The Kier molecular flexibility index (Phi) is 4.28. The SMILES string of the molecule is COP(=O)(/C=C/c1ccc(C)cc1)OC. The molecular weight excluding hydrogens is 211 g/mol. The first-order valence-corrected chi connectivity index (χ1v) is 6.18. The lowest BCUT2D eigenvalue weighted by molar-refractivity contribution is 0.286. The Bertz CT molecular complexity index is 373. The molecule has 0 bridgehead atoms. The first-order valence-electron chi connectivity index (χ1n) is 4.57. The summed E-state index contributed by atoms with van der Waals surface area (Å²) in [5.74, 6) is 1.46. The smallest absolute Gasteiger partial charge is 0.309 e. The summed E-state index contributed by atoms with van der Waals surface area (Å²) < 4.78 is 21.2. The van der Waals surface area contributed by atoms with Crippen LogP contribution in [-0.4, -0.2) is 14.2 Å². The van der Waals surface area contributed by atoms with Gasteiger partial charge in [-0.3, -0.25) is 4.57 Å². The van der Waals surface area contributed by atoms with Crippen LogP contribution in [0.4, 0.5) is 0 Å². The van der Waals surface area contributed by atoms with Gasteiger partial charge in [-0.05, 0) is 18.6 Å². The first-order chi connectivity index (χ1) is 7.09. The van der Waals surface area contributed by atoms with Gasteiger partial charge in [0, 0.05) is 20.0 Å². The van der Waals surface area contributed by atoms with Gasteiger partial charge in [-0.1, -0.05) is 29.8 Å². The van der Waals surface area contributed by atoms with Crippen LogP contribution in [0, 0.1) is 6.92 Å². The van der Waals surface area contributed by atoms with Gasteiger partial charge in [-0.2, -0.15) is 0 Å². The van der Waals surface area contributed by atoms with E-state index in [0.717, 1.165) is 5.56 Å². The topological polar surface area (TPSA) is 35.5 Å². The van der Waals surface area contributed by atoms with Gasteiger partial charge in [-0.15, -0.1) is 0 Å². The number of benzene rings is 1. The van der Waals surface area contributed by atoms with Crippen LogP contribution in [0.1, 0.15) is 11.1 Å². The number of aryl methyl sites for hydroxylation is 1. The highest BCUT2D eigenvalue weighted by molar-refractivity contribution is 7.57. The van der Waals surface area contributed by atoms with Crippen LogP contribution in [0.15, 0.2) is 30.1 Å². The van der Waals surface area contributed by atoms with E-state index >= 15 is 0 Å². The highest BCUT2D eigenvalue weighted by Crippen LogP contribution is 2.48. The summed E-state index contributed by atoms with van der Waals surface area (Å²) in [5, 5.41) is 0. The molecule has 1 rings (SSSR count). The van der Waals surface area contributed by atoms with Crippen LogP contribution in [0.5, 0.6) is 0 Å². The molecule has 0 aliphatic carbocycles. The average molecular weight is 226 g/mol. The van der Waals surface area contributed by atoms with Crippen molar-refractivity contribution in [2.24, 2.45) is 0 Å². The summed E-state index contributed by atoms with van der Waals surface area (Å²) in [7, 11) is -0.309. The van der Waals surface area contributed by atoms with Crippen LogP contribution in [0.2, 0.25) is 0 Å². The third-order valence-electron chi connectivity index (χ3n) is 2.04. The second-order valence-electron chi connectivity index (χ2n) is 3.13. The molecule has 0 saturated carbocycles. The third-order valence-corrected chi connectivity index (χ3v) is 3.57. The maximum Gasteiger partial charge on any atom is 0.353 e.